The summed E-state index contributed by atoms with van der Waals surface area (Å²) in [6.07, 6.45) is 22.1. The van der Waals surface area contributed by atoms with Crippen LogP contribution in [0, 0.1) is 0 Å². The number of unbranched alkanes of at least 4 members (excludes halogenated alkanes) is 18. The van der Waals surface area contributed by atoms with Gasteiger partial charge in [0.15, 0.2) is 22.8 Å². The van der Waals surface area contributed by atoms with Crippen LogP contribution in [-0.2, 0) is 9.47 Å². The molecule has 0 unspecified atom stereocenters. The minimum atomic E-state index is -1.69. The normalized spacial score (nSPS) is 10.9. The summed E-state index contributed by atoms with van der Waals surface area (Å²) in [5.41, 5.74) is -3.20. The third-order valence-electron chi connectivity index (χ3n) is 7.15. The van der Waals surface area contributed by atoms with Crippen LogP contribution in [0.5, 0.6) is 0 Å². The van der Waals surface area contributed by atoms with Gasteiger partial charge >= 0.3 is 23.9 Å². The molecule has 0 bridgehead atoms. The third kappa shape index (κ3) is 15.8. The minimum absolute atomic E-state index is 0.0627. The average Bonchev–Trinajstić information content (AvgIpc) is 2.97. The summed E-state index contributed by atoms with van der Waals surface area (Å²) in [6.45, 7) is 4.52. The predicted molar refractivity (Wildman–Crippen MR) is 160 cm³/mol. The number of ether oxygens (including phenoxy) is 2. The molecule has 0 spiro atoms. The van der Waals surface area contributed by atoms with Gasteiger partial charge in [-0.2, -0.15) is 0 Å². The summed E-state index contributed by atoms with van der Waals surface area (Å²) < 4.78 is 10.5. The van der Waals surface area contributed by atoms with Crippen LogP contribution in [0.3, 0.4) is 0 Å². The molecule has 0 aliphatic heterocycles. The van der Waals surface area contributed by atoms with E-state index in [2.05, 4.69) is 23.8 Å². The fraction of sp³-hybridized carbons (Fsp3) is 0.750. The van der Waals surface area contributed by atoms with Crippen molar-refractivity contribution >= 4 is 23.9 Å². The fourth-order valence-corrected chi connectivity index (χ4v) is 4.66. The zero-order valence-electron chi connectivity index (χ0n) is 25.8. The number of carbonyl (C=O) groups excluding carboxylic acids is 2. The van der Waals surface area contributed by atoms with Gasteiger partial charge in [-0.1, -0.05) is 129 Å². The maximum Gasteiger partial charge on any atom is 0.359 e. The number of hydrogen-bond acceptors (Lipinski definition) is 8. The Morgan fingerprint density at radius 2 is 0.714 bits per heavy atom. The highest BCUT2D eigenvalue weighted by atomic mass is 16.5. The van der Waals surface area contributed by atoms with E-state index < -0.39 is 46.7 Å². The van der Waals surface area contributed by atoms with E-state index in [9.17, 15) is 29.4 Å². The summed E-state index contributed by atoms with van der Waals surface area (Å²) in [5, 5.41) is 18.8. The van der Waals surface area contributed by atoms with Crippen molar-refractivity contribution in [3.8, 4) is 0 Å². The number of nitrogens with zero attached hydrogens (tertiary/aromatic N) is 2. The first-order valence-electron chi connectivity index (χ1n) is 16.1. The van der Waals surface area contributed by atoms with Crippen LogP contribution in [0.4, 0.5) is 0 Å². The van der Waals surface area contributed by atoms with Gasteiger partial charge in [0.2, 0.25) is 0 Å². The van der Waals surface area contributed by atoms with Crippen molar-refractivity contribution in [3.63, 3.8) is 0 Å². The first-order chi connectivity index (χ1) is 20.3. The quantitative estimate of drug-likeness (QED) is 0.0798. The molecule has 1 rings (SSSR count). The Balaban J connectivity index is 2.60. The van der Waals surface area contributed by atoms with Gasteiger partial charge < -0.3 is 19.7 Å². The zero-order valence-corrected chi connectivity index (χ0v) is 25.8. The third-order valence-corrected chi connectivity index (χ3v) is 7.15. The number of carboxylic acid groups (broad SMARTS) is 2. The highest BCUT2D eigenvalue weighted by Gasteiger charge is 2.30. The topological polar surface area (TPSA) is 153 Å². The first kappa shape index (κ1) is 37.0. The van der Waals surface area contributed by atoms with Crippen molar-refractivity contribution in [1.29, 1.82) is 0 Å². The van der Waals surface area contributed by atoms with Crippen molar-refractivity contribution in [2.45, 2.75) is 142 Å². The van der Waals surface area contributed by atoms with Gasteiger partial charge in [-0.3, -0.25) is 0 Å². The number of esters is 2. The zero-order chi connectivity index (χ0) is 31.0. The van der Waals surface area contributed by atoms with Crippen LogP contribution in [0.1, 0.15) is 184 Å². The summed E-state index contributed by atoms with van der Waals surface area (Å²) >= 11 is 0. The lowest BCUT2D eigenvalue weighted by Crippen LogP contribution is -2.24. The maximum atomic E-state index is 12.8. The smallest absolute Gasteiger partial charge is 0.359 e. The second-order valence-electron chi connectivity index (χ2n) is 10.9. The lowest BCUT2D eigenvalue weighted by molar-refractivity contribution is 0.0435. The van der Waals surface area contributed by atoms with Crippen molar-refractivity contribution < 1.29 is 38.9 Å². The second kappa shape index (κ2) is 23.5. The van der Waals surface area contributed by atoms with E-state index in [0.29, 0.717) is 12.8 Å². The van der Waals surface area contributed by atoms with E-state index in [4.69, 9.17) is 9.47 Å². The minimum Gasteiger partial charge on any atom is -0.476 e. The van der Waals surface area contributed by atoms with Crippen molar-refractivity contribution in [2.24, 2.45) is 0 Å². The van der Waals surface area contributed by atoms with Crippen LogP contribution in [0.25, 0.3) is 0 Å². The molecule has 1 aromatic rings. The lowest BCUT2D eigenvalue weighted by Gasteiger charge is -2.11. The van der Waals surface area contributed by atoms with E-state index in [0.717, 1.165) is 38.5 Å². The molecule has 42 heavy (non-hydrogen) atoms. The molecule has 0 amide bonds. The number of aromatic nitrogens is 2. The van der Waals surface area contributed by atoms with Gasteiger partial charge in [-0.15, -0.1) is 0 Å². The molecule has 1 aromatic heterocycles. The highest BCUT2D eigenvalue weighted by Crippen LogP contribution is 2.16. The average molecular weight is 593 g/mol. The summed E-state index contributed by atoms with van der Waals surface area (Å²) in [6, 6.07) is 0. The van der Waals surface area contributed by atoms with E-state index in [1.54, 1.807) is 0 Å². The van der Waals surface area contributed by atoms with Crippen molar-refractivity contribution in [2.75, 3.05) is 13.2 Å². The maximum absolute atomic E-state index is 12.8. The summed E-state index contributed by atoms with van der Waals surface area (Å²) in [7, 11) is 0. The Bertz CT molecular complexity index is 876. The molecule has 238 valence electrons. The summed E-state index contributed by atoms with van der Waals surface area (Å²) in [5.74, 6) is -5.45. The number of aromatic carboxylic acids is 2. The molecule has 1 heterocycles. The van der Waals surface area contributed by atoms with Crippen LogP contribution >= 0.6 is 0 Å². The van der Waals surface area contributed by atoms with Crippen LogP contribution < -0.4 is 0 Å². The highest BCUT2D eigenvalue weighted by molar-refractivity contribution is 6.04. The van der Waals surface area contributed by atoms with Gasteiger partial charge in [-0.25, -0.2) is 29.1 Å². The molecule has 0 fully saturated rings. The standard InChI is InChI=1S/C32H52N2O8/c1-3-5-7-9-11-13-15-17-19-21-23-41-31(39)27-28(34-26(30(37)38)25(33-27)29(35)36)32(40)42-24-22-20-18-16-14-12-10-8-6-4-2/h3-24H2,1-2H3,(H,35,36)(H,37,38). The Morgan fingerprint density at radius 1 is 0.452 bits per heavy atom. The molecule has 0 saturated carbocycles. The Labute approximate surface area is 251 Å². The van der Waals surface area contributed by atoms with E-state index in [1.165, 1.54) is 77.0 Å². The van der Waals surface area contributed by atoms with Gasteiger partial charge in [0.05, 0.1) is 13.2 Å². The largest absolute Gasteiger partial charge is 0.476 e. The van der Waals surface area contributed by atoms with E-state index in [1.807, 2.05) is 0 Å². The lowest BCUT2D eigenvalue weighted by atomic mass is 10.1. The Kier molecular flexibility index (Phi) is 20.7. The molecule has 0 aromatic carbocycles. The molecular formula is C32H52N2O8. The van der Waals surface area contributed by atoms with Crippen LogP contribution in [0.2, 0.25) is 0 Å². The Hall–Kier alpha value is -3.04. The number of carbonyl (C=O) groups is 4. The summed E-state index contributed by atoms with van der Waals surface area (Å²) in [4.78, 5) is 56.1. The molecule has 10 heteroatoms. The fourth-order valence-electron chi connectivity index (χ4n) is 4.66. The van der Waals surface area contributed by atoms with Gasteiger partial charge in [0.25, 0.3) is 0 Å². The number of carboxylic acids is 2. The molecule has 0 aliphatic carbocycles. The van der Waals surface area contributed by atoms with E-state index >= 15 is 0 Å². The molecular weight excluding hydrogens is 540 g/mol. The van der Waals surface area contributed by atoms with E-state index in [-0.39, 0.29) is 13.2 Å². The first-order valence-corrected chi connectivity index (χ1v) is 16.1. The molecule has 0 aliphatic rings. The molecule has 2 N–H and O–H groups in total. The molecule has 0 saturated heterocycles. The van der Waals surface area contributed by atoms with Crippen LogP contribution in [0.15, 0.2) is 0 Å². The monoisotopic (exact) mass is 592 g/mol. The van der Waals surface area contributed by atoms with Gasteiger partial charge in [0, 0.05) is 0 Å². The van der Waals surface area contributed by atoms with Crippen molar-refractivity contribution in [1.82, 2.24) is 9.97 Å². The molecule has 10 nitrogen and oxygen atoms in total. The molecule has 0 atom stereocenters. The SMILES string of the molecule is CCCCCCCCCCCCOC(=O)c1nc(C(=O)O)c(C(=O)O)nc1C(=O)OCCCCCCCCCCCC. The predicted octanol–water partition coefficient (Wildman–Crippen LogP) is 8.03. The van der Waals surface area contributed by atoms with Crippen LogP contribution in [-0.4, -0.2) is 57.3 Å². The second-order valence-corrected chi connectivity index (χ2v) is 10.9. The number of rotatable bonds is 26. The number of hydrogen-bond donors (Lipinski definition) is 2. The van der Waals surface area contributed by atoms with Gasteiger partial charge in [-0.05, 0) is 12.8 Å². The van der Waals surface area contributed by atoms with Gasteiger partial charge in [0.1, 0.15) is 0 Å². The molecule has 0 radical (unpaired) electrons. The Morgan fingerprint density at radius 3 is 0.976 bits per heavy atom. The van der Waals surface area contributed by atoms with Crippen molar-refractivity contribution in [3.05, 3.63) is 22.8 Å².